The first kappa shape index (κ1) is 18.6. The van der Waals surface area contributed by atoms with Crippen LogP contribution in [0.2, 0.25) is 0 Å². The van der Waals surface area contributed by atoms with Gasteiger partial charge in [0.2, 0.25) is 0 Å². The number of rotatable bonds is 5. The van der Waals surface area contributed by atoms with Gasteiger partial charge < -0.3 is 22.1 Å². The molecule has 0 spiro atoms. The smallest absolute Gasteiger partial charge is 0.252 e. The summed E-state index contributed by atoms with van der Waals surface area (Å²) in [6.07, 6.45) is 7.72. The molecule has 0 aromatic carbocycles. The lowest BCUT2D eigenvalue weighted by Crippen LogP contribution is -2.42. The molecule has 138 valence electrons. The zero-order valence-corrected chi connectivity index (χ0v) is 16.2. The van der Waals surface area contributed by atoms with Gasteiger partial charge in [-0.3, -0.25) is 9.78 Å². The molecule has 0 saturated heterocycles. The Labute approximate surface area is 161 Å². The number of nitrogens with one attached hydrogen (secondary N) is 2. The highest BCUT2D eigenvalue weighted by Crippen LogP contribution is 2.30. The minimum Gasteiger partial charge on any atom is -0.365 e. The number of aromatic nitrogens is 2. The number of nitrogens with zero attached hydrogens (tertiary/aromatic N) is 2. The standard InChI is InChI=1S/C18H23BrN6O/c1-10-6-11(9-22-8-10)23-17-12(16(21)26)7-13(19)18(25-17)24-15-5-3-2-4-14(15)20/h6-9,14-15H,2-5,20H2,1H3,(H2,21,26)(H2,23,24,25)/t14-,15+/m0/s1. The van der Waals surface area contributed by atoms with Crippen LogP contribution in [0.3, 0.4) is 0 Å². The third-order valence-corrected chi connectivity index (χ3v) is 5.13. The number of primary amides is 1. The van der Waals surface area contributed by atoms with Gasteiger partial charge in [-0.05, 0) is 53.4 Å². The number of pyridine rings is 2. The third-order valence-electron chi connectivity index (χ3n) is 4.52. The van der Waals surface area contributed by atoms with Gasteiger partial charge in [0, 0.05) is 18.3 Å². The predicted octanol–water partition coefficient (Wildman–Crippen LogP) is 3.07. The van der Waals surface area contributed by atoms with Gasteiger partial charge in [-0.15, -0.1) is 0 Å². The fraction of sp³-hybridized carbons (Fsp3) is 0.389. The minimum atomic E-state index is -0.553. The van der Waals surface area contributed by atoms with Crippen molar-refractivity contribution in [2.75, 3.05) is 10.6 Å². The van der Waals surface area contributed by atoms with Crippen LogP contribution in [0.25, 0.3) is 0 Å². The second kappa shape index (κ2) is 8.01. The van der Waals surface area contributed by atoms with Crippen molar-refractivity contribution in [1.82, 2.24) is 9.97 Å². The Morgan fingerprint density at radius 1 is 1.23 bits per heavy atom. The van der Waals surface area contributed by atoms with Gasteiger partial charge in [-0.2, -0.15) is 0 Å². The van der Waals surface area contributed by atoms with Crippen LogP contribution in [0.15, 0.2) is 29.0 Å². The molecule has 2 aromatic heterocycles. The lowest BCUT2D eigenvalue weighted by molar-refractivity contribution is 0.100. The fourth-order valence-corrected chi connectivity index (χ4v) is 3.58. The number of halogens is 1. The molecular weight excluding hydrogens is 396 g/mol. The van der Waals surface area contributed by atoms with Crippen molar-refractivity contribution in [3.63, 3.8) is 0 Å². The van der Waals surface area contributed by atoms with E-state index < -0.39 is 5.91 Å². The number of aryl methyl sites for hydroxylation is 1. The maximum absolute atomic E-state index is 11.8. The van der Waals surface area contributed by atoms with E-state index in [2.05, 4.69) is 36.5 Å². The summed E-state index contributed by atoms with van der Waals surface area (Å²) in [5.74, 6) is 0.475. The molecule has 7 nitrogen and oxygen atoms in total. The van der Waals surface area contributed by atoms with E-state index in [1.54, 1.807) is 18.5 Å². The SMILES string of the molecule is Cc1cncc(Nc2nc(N[C@@H]3CCCC[C@@H]3N)c(Br)cc2C(N)=O)c1. The van der Waals surface area contributed by atoms with E-state index in [0.717, 1.165) is 36.9 Å². The Morgan fingerprint density at radius 3 is 2.69 bits per heavy atom. The molecule has 2 atom stereocenters. The summed E-state index contributed by atoms with van der Waals surface area (Å²) in [4.78, 5) is 20.6. The lowest BCUT2D eigenvalue weighted by Gasteiger charge is -2.30. The van der Waals surface area contributed by atoms with Crippen molar-refractivity contribution in [2.45, 2.75) is 44.7 Å². The summed E-state index contributed by atoms with van der Waals surface area (Å²) >= 11 is 3.48. The van der Waals surface area contributed by atoms with Crippen molar-refractivity contribution in [3.05, 3.63) is 40.1 Å². The van der Waals surface area contributed by atoms with E-state index in [1.807, 2.05) is 13.0 Å². The van der Waals surface area contributed by atoms with Crippen LogP contribution in [0.5, 0.6) is 0 Å². The molecule has 1 saturated carbocycles. The number of hydrogen-bond donors (Lipinski definition) is 4. The minimum absolute atomic E-state index is 0.0886. The van der Waals surface area contributed by atoms with E-state index >= 15 is 0 Å². The Balaban J connectivity index is 1.92. The summed E-state index contributed by atoms with van der Waals surface area (Å²) < 4.78 is 0.678. The summed E-state index contributed by atoms with van der Waals surface area (Å²) in [6.45, 7) is 1.94. The largest absolute Gasteiger partial charge is 0.365 e. The Bertz CT molecular complexity index is 812. The first-order chi connectivity index (χ1) is 12.4. The van der Waals surface area contributed by atoms with E-state index in [0.29, 0.717) is 21.7 Å². The first-order valence-electron chi connectivity index (χ1n) is 8.65. The van der Waals surface area contributed by atoms with Crippen molar-refractivity contribution >= 4 is 39.2 Å². The number of carbonyl (C=O) groups is 1. The Hall–Kier alpha value is -2.19. The fourth-order valence-electron chi connectivity index (χ4n) is 3.15. The molecule has 1 aliphatic rings. The molecule has 6 N–H and O–H groups in total. The molecule has 3 rings (SSSR count). The van der Waals surface area contributed by atoms with Crippen LogP contribution in [-0.2, 0) is 0 Å². The topological polar surface area (TPSA) is 119 Å². The van der Waals surface area contributed by atoms with Crippen LogP contribution in [0.1, 0.15) is 41.6 Å². The highest BCUT2D eigenvalue weighted by atomic mass is 79.9. The van der Waals surface area contributed by atoms with Gasteiger partial charge in [-0.25, -0.2) is 4.98 Å². The molecule has 1 aliphatic carbocycles. The summed E-state index contributed by atoms with van der Waals surface area (Å²) in [5.41, 5.74) is 13.8. The van der Waals surface area contributed by atoms with Crippen LogP contribution in [-0.4, -0.2) is 28.0 Å². The van der Waals surface area contributed by atoms with Gasteiger partial charge in [-0.1, -0.05) is 12.8 Å². The average molecular weight is 419 g/mol. The second-order valence-electron chi connectivity index (χ2n) is 6.65. The lowest BCUT2D eigenvalue weighted by atomic mass is 9.91. The molecular formula is C18H23BrN6O. The quantitative estimate of drug-likeness (QED) is 0.592. The monoisotopic (exact) mass is 418 g/mol. The van der Waals surface area contributed by atoms with Crippen molar-refractivity contribution < 1.29 is 4.79 Å². The number of hydrogen-bond acceptors (Lipinski definition) is 6. The van der Waals surface area contributed by atoms with Crippen molar-refractivity contribution in [3.8, 4) is 0 Å². The molecule has 0 unspecified atom stereocenters. The molecule has 2 heterocycles. The van der Waals surface area contributed by atoms with Gasteiger partial charge >= 0.3 is 0 Å². The maximum atomic E-state index is 11.8. The Kier molecular flexibility index (Phi) is 5.73. The van der Waals surface area contributed by atoms with Gasteiger partial charge in [0.25, 0.3) is 5.91 Å². The van der Waals surface area contributed by atoms with Crippen LogP contribution in [0.4, 0.5) is 17.3 Å². The molecule has 1 amide bonds. The van der Waals surface area contributed by atoms with E-state index in [-0.39, 0.29) is 12.1 Å². The normalized spacial score (nSPS) is 19.8. The predicted molar refractivity (Wildman–Crippen MR) is 107 cm³/mol. The van der Waals surface area contributed by atoms with Crippen LogP contribution in [0, 0.1) is 6.92 Å². The Morgan fingerprint density at radius 2 is 2.00 bits per heavy atom. The number of nitrogens with two attached hydrogens (primary N) is 2. The number of carbonyl (C=O) groups excluding carboxylic acids is 1. The zero-order chi connectivity index (χ0) is 18.7. The summed E-state index contributed by atoms with van der Waals surface area (Å²) in [5, 5.41) is 6.56. The van der Waals surface area contributed by atoms with Gasteiger partial charge in [0.15, 0.2) is 0 Å². The van der Waals surface area contributed by atoms with E-state index in [9.17, 15) is 4.79 Å². The van der Waals surface area contributed by atoms with Crippen molar-refractivity contribution in [1.29, 1.82) is 0 Å². The number of amides is 1. The second-order valence-corrected chi connectivity index (χ2v) is 7.51. The van der Waals surface area contributed by atoms with Gasteiger partial charge in [0.05, 0.1) is 21.9 Å². The first-order valence-corrected chi connectivity index (χ1v) is 9.44. The molecule has 26 heavy (non-hydrogen) atoms. The summed E-state index contributed by atoms with van der Waals surface area (Å²) in [7, 11) is 0. The highest BCUT2D eigenvalue weighted by molar-refractivity contribution is 9.10. The third kappa shape index (κ3) is 4.31. The van der Waals surface area contributed by atoms with Crippen LogP contribution >= 0.6 is 15.9 Å². The average Bonchev–Trinajstić information content (AvgIpc) is 2.59. The molecule has 0 radical (unpaired) electrons. The molecule has 0 bridgehead atoms. The van der Waals surface area contributed by atoms with Crippen LogP contribution < -0.4 is 22.1 Å². The molecule has 0 aliphatic heterocycles. The summed E-state index contributed by atoms with van der Waals surface area (Å²) in [6, 6.07) is 3.84. The number of anilines is 3. The van der Waals surface area contributed by atoms with E-state index in [1.165, 1.54) is 0 Å². The maximum Gasteiger partial charge on any atom is 0.252 e. The molecule has 1 fully saturated rings. The van der Waals surface area contributed by atoms with Gasteiger partial charge in [0.1, 0.15) is 11.6 Å². The zero-order valence-electron chi connectivity index (χ0n) is 14.6. The highest BCUT2D eigenvalue weighted by Gasteiger charge is 2.24. The molecule has 2 aromatic rings. The molecule has 8 heteroatoms. The van der Waals surface area contributed by atoms with Crippen molar-refractivity contribution in [2.24, 2.45) is 11.5 Å². The van der Waals surface area contributed by atoms with E-state index in [4.69, 9.17) is 11.5 Å².